The number of nitrogens with zero attached hydrogens (tertiary/aromatic N) is 3. The maximum atomic E-state index is 13.2. The number of hydrogen-bond donors (Lipinski definition) is 9. The predicted molar refractivity (Wildman–Crippen MR) is 483 cm³/mol. The Kier molecular flexibility index (Phi) is 84.7. The van der Waals surface area contributed by atoms with E-state index >= 15 is 0 Å². The topological polar surface area (TPSA) is 484 Å². The Morgan fingerprint density at radius 2 is 0.763 bits per heavy atom. The monoisotopic (exact) mass is 1820 g/mol. The van der Waals surface area contributed by atoms with Crippen LogP contribution in [-0.4, -0.2) is 210 Å². The van der Waals surface area contributed by atoms with Crippen molar-refractivity contribution >= 4 is 103 Å². The number of aromatic nitrogens is 4. The Labute approximate surface area is 729 Å². The minimum absolute atomic E-state index is 0. The van der Waals surface area contributed by atoms with Gasteiger partial charge in [0.15, 0.2) is 0 Å². The smallest absolute Gasteiger partial charge is 0.323 e. The summed E-state index contributed by atoms with van der Waals surface area (Å²) in [4.78, 5) is 156. The Balaban J connectivity index is -0.000000134. The van der Waals surface area contributed by atoms with Gasteiger partial charge in [-0.2, -0.15) is 0 Å². The van der Waals surface area contributed by atoms with Crippen molar-refractivity contribution in [2.45, 2.75) is 389 Å². The number of H-pyrrole nitrogens is 2. The summed E-state index contributed by atoms with van der Waals surface area (Å²) in [5.41, 5.74) is 23.1. The molecule has 0 bridgehead atoms. The summed E-state index contributed by atoms with van der Waals surface area (Å²) in [5.74, 6) is -3.82. The van der Waals surface area contributed by atoms with E-state index in [2.05, 4.69) is 80.8 Å². The zero-order chi connectivity index (χ0) is 93.4. The molecule has 1 unspecified atom stereocenters. The second kappa shape index (κ2) is 74.2. The number of unbranched alkanes of at least 4 members (excludes halogenated alkanes) is 2. The van der Waals surface area contributed by atoms with Gasteiger partial charge in [0.2, 0.25) is 11.8 Å². The number of imidazole rings is 2. The first kappa shape index (κ1) is 135. The number of halogens is 2. The standard InChI is InChI=1S/C28H51NO7.C13H19N7O2.2C11H21NO3.2C6H11BrO2.3C2H6.2CH5N.2CH4/c1-12-13-14-15-20(2)22(30)17-16-21(25(33)36-28(9,10)11)29(18-23(31)34-26(3,4)5)19-24(32)35-27(6,7)8;1-15-11(3-9-5-17-7-19-9)13(22)20-10(12(14)21)2-8-4-16-6-18-8;2*1-5-8(13)6-7-9(12)10(14)15-11(2,3)4;2*1-6(2,3)9-5(8)4-7;5*1-2;;/h20-21H,12-19H2,1-11H3;4-7,10-11,15H,2-3H2,1H3,(H2,14,21)(H,16,18)(H,17,19)(H,20,22);2*9H,5-7,12H2,1-4H3;2*4H2,1-3H3;3*1-2H3;2*2H2,1H3;2*1H4/t20?,21-;10-,11-;2*9-;;;;;;;;;/m0000........./s1. The number of primary amides is 1. The molecule has 698 valence electrons. The van der Waals surface area contributed by atoms with Crippen molar-refractivity contribution in [2.24, 2.45) is 34.6 Å². The van der Waals surface area contributed by atoms with Crippen LogP contribution in [0.4, 0.5) is 0 Å². The molecule has 0 aliphatic heterocycles. The van der Waals surface area contributed by atoms with Crippen molar-refractivity contribution in [3.05, 3.63) is 36.4 Å². The van der Waals surface area contributed by atoms with Crippen molar-refractivity contribution in [1.29, 1.82) is 0 Å². The van der Waals surface area contributed by atoms with E-state index in [9.17, 15) is 57.5 Å². The number of ether oxygens (including phenoxy) is 7. The molecule has 14 N–H and O–H groups in total. The number of carbonyl (C=O) groups excluding carboxylic acids is 12. The molecular formula is C85H170Br2N12O19. The van der Waals surface area contributed by atoms with Crippen LogP contribution in [0.25, 0.3) is 0 Å². The molecule has 2 aromatic heterocycles. The molecule has 0 aromatic carbocycles. The number of Topliss-reactive ketones (excluding diaryl/α,β-unsaturated/α-hetero) is 3. The van der Waals surface area contributed by atoms with Gasteiger partial charge in [0.25, 0.3) is 0 Å². The molecule has 2 aromatic rings. The molecule has 0 aliphatic carbocycles. The zero-order valence-corrected chi connectivity index (χ0v) is 80.9. The maximum Gasteiger partial charge on any atom is 0.323 e. The van der Waals surface area contributed by atoms with E-state index in [0.29, 0.717) is 44.9 Å². The van der Waals surface area contributed by atoms with Gasteiger partial charge in [0.1, 0.15) is 91.4 Å². The lowest BCUT2D eigenvalue weighted by Gasteiger charge is -2.33. The highest BCUT2D eigenvalue weighted by Gasteiger charge is 2.36. The summed E-state index contributed by atoms with van der Waals surface area (Å²) >= 11 is 5.99. The lowest BCUT2D eigenvalue weighted by Crippen LogP contribution is -2.52. The fourth-order valence-corrected chi connectivity index (χ4v) is 8.56. The third kappa shape index (κ3) is 88.7. The van der Waals surface area contributed by atoms with Crippen LogP contribution in [-0.2, 0) is 104 Å². The molecule has 118 heavy (non-hydrogen) atoms. The number of rotatable bonds is 34. The first-order valence-electron chi connectivity index (χ1n) is 40.1. The van der Waals surface area contributed by atoms with E-state index < -0.39 is 94.0 Å². The summed E-state index contributed by atoms with van der Waals surface area (Å²) < 4.78 is 36.5. The number of carbonyl (C=O) groups is 12. The minimum Gasteiger partial charge on any atom is -0.459 e. The van der Waals surface area contributed by atoms with Gasteiger partial charge in [-0.3, -0.25) is 62.4 Å². The van der Waals surface area contributed by atoms with E-state index in [-0.39, 0.29) is 110 Å². The molecule has 33 heteroatoms. The van der Waals surface area contributed by atoms with Gasteiger partial charge in [-0.25, -0.2) is 9.97 Å². The minimum atomic E-state index is -0.990. The average Bonchev–Trinajstić information content (AvgIpc) is 1.03. The maximum absolute atomic E-state index is 13.2. The van der Waals surface area contributed by atoms with Crippen LogP contribution < -0.4 is 39.3 Å². The van der Waals surface area contributed by atoms with Gasteiger partial charge in [-0.05, 0) is 192 Å². The molecule has 2 heterocycles. The van der Waals surface area contributed by atoms with Crippen LogP contribution in [0.3, 0.4) is 0 Å². The number of likely N-dealkylation sites (N-methyl/N-ethyl adjacent to an activating group) is 1. The summed E-state index contributed by atoms with van der Waals surface area (Å²) in [6.45, 7) is 56.4. The number of aromatic amines is 2. The second-order valence-corrected chi connectivity index (χ2v) is 33.1. The predicted octanol–water partition coefficient (Wildman–Crippen LogP) is 13.5. The van der Waals surface area contributed by atoms with Crippen LogP contribution in [0.2, 0.25) is 0 Å². The van der Waals surface area contributed by atoms with Crippen molar-refractivity contribution in [3.63, 3.8) is 0 Å². The van der Waals surface area contributed by atoms with E-state index in [1.807, 2.05) is 90.0 Å². The van der Waals surface area contributed by atoms with E-state index in [0.717, 1.165) is 37.1 Å². The number of esters is 7. The molecule has 31 nitrogen and oxygen atoms in total. The number of alkyl halides is 2. The quantitative estimate of drug-likeness (QED) is 0.0136. The Hall–Kier alpha value is -6.62. The van der Waals surface area contributed by atoms with Crippen molar-refractivity contribution in [1.82, 2.24) is 35.5 Å². The van der Waals surface area contributed by atoms with E-state index in [1.165, 1.54) is 25.3 Å². The molecule has 2 amide bonds. The van der Waals surface area contributed by atoms with Gasteiger partial charge < -0.3 is 82.4 Å². The molecule has 0 radical (unpaired) electrons. The molecule has 0 fully saturated rings. The Morgan fingerprint density at radius 1 is 0.458 bits per heavy atom. The van der Waals surface area contributed by atoms with Gasteiger partial charge in [0.05, 0.1) is 31.8 Å². The van der Waals surface area contributed by atoms with Crippen LogP contribution in [0.15, 0.2) is 25.0 Å². The summed E-state index contributed by atoms with van der Waals surface area (Å²) in [5, 5.41) is 6.11. The molecule has 2 rings (SSSR count). The molecule has 0 saturated carbocycles. The van der Waals surface area contributed by atoms with Gasteiger partial charge in [0, 0.05) is 74.6 Å². The van der Waals surface area contributed by atoms with Crippen molar-refractivity contribution in [3.8, 4) is 0 Å². The third-order valence-corrected chi connectivity index (χ3v) is 14.0. The van der Waals surface area contributed by atoms with E-state index in [1.54, 1.807) is 143 Å². The normalized spacial score (nSPS) is 12.2. The molecule has 0 spiro atoms. The number of hydrogen-bond acceptors (Lipinski definition) is 27. The van der Waals surface area contributed by atoms with Crippen molar-refractivity contribution in [2.75, 3.05) is 44.9 Å². The molecular weight excluding hydrogens is 1650 g/mol. The lowest BCUT2D eigenvalue weighted by atomic mass is 9.94. The zero-order valence-electron chi connectivity index (χ0n) is 77.7. The number of nitrogens with two attached hydrogens (primary N) is 5. The number of amides is 2. The fourth-order valence-electron chi connectivity index (χ4n) is 8.33. The van der Waals surface area contributed by atoms with Crippen LogP contribution >= 0.6 is 31.9 Å². The first-order valence-corrected chi connectivity index (χ1v) is 42.4. The highest BCUT2D eigenvalue weighted by Crippen LogP contribution is 2.22. The summed E-state index contributed by atoms with van der Waals surface area (Å²) in [7, 11) is 4.68. The average molecular weight is 1820 g/mol. The van der Waals surface area contributed by atoms with Gasteiger partial charge in [-0.1, -0.05) is 135 Å². The highest BCUT2D eigenvalue weighted by atomic mass is 79.9. The molecule has 0 saturated heterocycles. The first-order chi connectivity index (χ1) is 53.3. The number of ketones is 3. The third-order valence-electron chi connectivity index (χ3n) is 13.1. The van der Waals surface area contributed by atoms with E-state index in [4.69, 9.17) is 50.4 Å². The van der Waals surface area contributed by atoms with Gasteiger partial charge in [-0.15, -0.1) is 0 Å². The fraction of sp³-hybridized carbons (Fsp3) is 0.788. The van der Waals surface area contributed by atoms with Crippen LogP contribution in [0, 0.1) is 5.92 Å². The SMILES string of the molecule is C.C.CC.CC.CC.CC(C)(C)OC(=O)CBr.CC(C)(C)OC(=O)CBr.CCC(=O)CC[C@H](N)C(=O)OC(C)(C)C.CCC(=O)CC[C@H](N)C(=O)OC(C)(C)C.CCCCCC(C)C(=O)CC[C@@H](C(=O)OC(C)(C)C)N(CC(=O)OC(C)(C)C)CC(=O)OC(C)(C)C.CN.CN.CN[C@@H](Cc1cnc[nH]1)C(=O)N[C@@H](Cc1cnc[nH]1)C(N)=O. The van der Waals surface area contributed by atoms with Crippen LogP contribution in [0.5, 0.6) is 0 Å². The van der Waals surface area contributed by atoms with Crippen molar-refractivity contribution < 1.29 is 90.7 Å². The highest BCUT2D eigenvalue weighted by molar-refractivity contribution is 9.09. The summed E-state index contributed by atoms with van der Waals surface area (Å²) in [6, 6.07) is -3.68. The van der Waals surface area contributed by atoms with Gasteiger partial charge >= 0.3 is 41.8 Å². The Bertz CT molecular complexity index is 2820. The largest absolute Gasteiger partial charge is 0.459 e. The summed E-state index contributed by atoms with van der Waals surface area (Å²) in [6.07, 6.45) is 13.5. The second-order valence-electron chi connectivity index (χ2n) is 32.0. The molecule has 0 aliphatic rings. The Morgan fingerprint density at radius 3 is 1.02 bits per heavy atom. The van der Waals surface area contributed by atoms with Crippen LogP contribution in [0.1, 0.15) is 318 Å². The molecule has 6 atom stereocenters. The number of nitrogens with one attached hydrogen (secondary N) is 4. The lowest BCUT2D eigenvalue weighted by molar-refractivity contribution is -0.169.